The van der Waals surface area contributed by atoms with Gasteiger partial charge in [-0.3, -0.25) is 0 Å². The second-order valence-electron chi connectivity index (χ2n) is 5.91. The van der Waals surface area contributed by atoms with Gasteiger partial charge in [0.05, 0.1) is 5.92 Å². The van der Waals surface area contributed by atoms with Gasteiger partial charge in [-0.05, 0) is 39.4 Å². The summed E-state index contributed by atoms with van der Waals surface area (Å²) in [5, 5.41) is 2.69. The fourth-order valence-electron chi connectivity index (χ4n) is 3.48. The lowest BCUT2D eigenvalue weighted by atomic mass is 9.84. The third-order valence-electron chi connectivity index (χ3n) is 4.48. The highest BCUT2D eigenvalue weighted by Crippen LogP contribution is 2.39. The van der Waals surface area contributed by atoms with Crippen molar-refractivity contribution in [1.82, 2.24) is 0 Å². The van der Waals surface area contributed by atoms with Gasteiger partial charge in [0, 0.05) is 0 Å². The Kier molecular flexibility index (Phi) is 3.31. The number of benzene rings is 3. The molecular weight excluding hydrogens is 264 g/mol. The van der Waals surface area contributed by atoms with Crippen molar-refractivity contribution in [2.75, 3.05) is 0 Å². The Balaban J connectivity index is 1.98. The number of hydrogen-bond acceptors (Lipinski definition) is 0. The van der Waals surface area contributed by atoms with Crippen LogP contribution in [0.3, 0.4) is 0 Å². The maximum absolute atomic E-state index is 2.31. The molecule has 22 heavy (non-hydrogen) atoms. The summed E-state index contributed by atoms with van der Waals surface area (Å²) in [6.07, 6.45) is 6.82. The smallest absolute Gasteiger partial charge is 0.0572 e. The Morgan fingerprint density at radius 1 is 0.773 bits per heavy atom. The van der Waals surface area contributed by atoms with Crippen LogP contribution in [0, 0.1) is 5.92 Å². The van der Waals surface area contributed by atoms with Gasteiger partial charge in [-0.15, -0.1) is 0 Å². The third kappa shape index (κ3) is 2.07. The largest absolute Gasteiger partial charge is 0.0674 e. The van der Waals surface area contributed by atoms with E-state index < -0.39 is 0 Å². The number of allylic oxidation sites excluding steroid dienone is 1. The Labute approximate surface area is 132 Å². The monoisotopic (exact) mass is 283 g/mol. The molecule has 1 aliphatic rings. The molecule has 0 fully saturated rings. The van der Waals surface area contributed by atoms with Gasteiger partial charge in [0.1, 0.15) is 0 Å². The van der Waals surface area contributed by atoms with E-state index in [9.17, 15) is 0 Å². The molecule has 107 valence electrons. The molecule has 0 saturated heterocycles. The molecule has 3 aromatic carbocycles. The highest BCUT2D eigenvalue weighted by atomic mass is 14.3. The van der Waals surface area contributed by atoms with Crippen LogP contribution in [-0.4, -0.2) is 0 Å². The van der Waals surface area contributed by atoms with Crippen LogP contribution in [0.1, 0.15) is 35.6 Å². The summed E-state index contributed by atoms with van der Waals surface area (Å²) in [5.41, 5.74) is 5.56. The van der Waals surface area contributed by atoms with Crippen LogP contribution >= 0.6 is 0 Å². The molecule has 0 aromatic heterocycles. The van der Waals surface area contributed by atoms with Gasteiger partial charge in [-0.25, -0.2) is 0 Å². The molecule has 0 saturated carbocycles. The van der Waals surface area contributed by atoms with E-state index in [-0.39, 0.29) is 0 Å². The standard InChI is InChI=1S/C22H19/c1-2-7-18-13-12-17-9-4-6-11-20(17)22(18)21-15-14-16-8-3-5-10-19(16)21/h3-6,8-15H,2,7H2,1H3. The van der Waals surface area contributed by atoms with Crippen LogP contribution in [0.25, 0.3) is 16.8 Å². The van der Waals surface area contributed by atoms with E-state index in [0.29, 0.717) is 0 Å². The van der Waals surface area contributed by atoms with Crippen molar-refractivity contribution < 1.29 is 0 Å². The number of rotatable bonds is 3. The first-order chi connectivity index (χ1) is 10.9. The topological polar surface area (TPSA) is 0 Å². The summed E-state index contributed by atoms with van der Waals surface area (Å²) in [6.45, 7) is 2.25. The summed E-state index contributed by atoms with van der Waals surface area (Å²) in [6, 6.07) is 22.0. The van der Waals surface area contributed by atoms with E-state index in [0.717, 1.165) is 6.42 Å². The van der Waals surface area contributed by atoms with E-state index in [1.54, 1.807) is 0 Å². The minimum Gasteiger partial charge on any atom is -0.0674 e. The van der Waals surface area contributed by atoms with Gasteiger partial charge in [-0.2, -0.15) is 0 Å². The molecule has 0 amide bonds. The third-order valence-corrected chi connectivity index (χ3v) is 4.48. The predicted octanol–water partition coefficient (Wildman–Crippen LogP) is 5.79. The van der Waals surface area contributed by atoms with Crippen molar-refractivity contribution in [3.8, 4) is 0 Å². The van der Waals surface area contributed by atoms with Crippen LogP contribution in [0.5, 0.6) is 0 Å². The Morgan fingerprint density at radius 3 is 2.50 bits per heavy atom. The minimum absolute atomic E-state index is 1.12. The molecule has 0 atom stereocenters. The second kappa shape index (κ2) is 5.46. The summed E-state index contributed by atoms with van der Waals surface area (Å²) in [7, 11) is 0. The minimum atomic E-state index is 1.12. The predicted molar refractivity (Wildman–Crippen MR) is 94.9 cm³/mol. The van der Waals surface area contributed by atoms with Crippen molar-refractivity contribution in [3.63, 3.8) is 0 Å². The first kappa shape index (κ1) is 13.3. The average molecular weight is 283 g/mol. The van der Waals surface area contributed by atoms with Crippen LogP contribution in [-0.2, 0) is 6.42 Å². The van der Waals surface area contributed by atoms with Crippen LogP contribution < -0.4 is 0 Å². The van der Waals surface area contributed by atoms with Crippen LogP contribution in [0.4, 0.5) is 0 Å². The van der Waals surface area contributed by atoms with E-state index >= 15 is 0 Å². The normalized spacial score (nSPS) is 13.7. The van der Waals surface area contributed by atoms with E-state index in [1.165, 1.54) is 45.4 Å². The maximum Gasteiger partial charge on any atom is 0.0572 e. The molecule has 1 aliphatic carbocycles. The number of fused-ring (bicyclic) bond motifs is 2. The maximum atomic E-state index is 2.31. The van der Waals surface area contributed by atoms with Gasteiger partial charge in [0.25, 0.3) is 0 Å². The summed E-state index contributed by atoms with van der Waals surface area (Å²) >= 11 is 0. The van der Waals surface area contributed by atoms with Crippen molar-refractivity contribution in [2.24, 2.45) is 0 Å². The Bertz CT molecular complexity index is 855. The highest BCUT2D eigenvalue weighted by Gasteiger charge is 2.23. The highest BCUT2D eigenvalue weighted by molar-refractivity contribution is 5.92. The zero-order chi connectivity index (χ0) is 14.9. The molecule has 0 bridgehead atoms. The van der Waals surface area contributed by atoms with Gasteiger partial charge < -0.3 is 0 Å². The lowest BCUT2D eigenvalue weighted by Gasteiger charge is -2.18. The summed E-state index contributed by atoms with van der Waals surface area (Å²) in [5.74, 6) is 1.37. The fourth-order valence-corrected chi connectivity index (χ4v) is 3.48. The van der Waals surface area contributed by atoms with Crippen LogP contribution in [0.15, 0.2) is 66.7 Å². The molecule has 0 aliphatic heterocycles. The van der Waals surface area contributed by atoms with Gasteiger partial charge in [-0.1, -0.05) is 86.2 Å². The number of hydrogen-bond donors (Lipinski definition) is 0. The van der Waals surface area contributed by atoms with Crippen molar-refractivity contribution >= 4 is 16.8 Å². The molecule has 3 aromatic rings. The molecule has 4 rings (SSSR count). The molecule has 0 heteroatoms. The molecule has 0 N–H and O–H groups in total. The molecule has 1 radical (unpaired) electrons. The first-order valence-electron chi connectivity index (χ1n) is 8.04. The lowest BCUT2D eigenvalue weighted by molar-refractivity contribution is 0.914. The van der Waals surface area contributed by atoms with E-state index in [4.69, 9.17) is 0 Å². The Morgan fingerprint density at radius 2 is 1.59 bits per heavy atom. The van der Waals surface area contributed by atoms with Crippen molar-refractivity contribution in [2.45, 2.75) is 19.8 Å². The Hall–Kier alpha value is -2.34. The molecule has 0 nitrogen and oxygen atoms in total. The molecule has 0 heterocycles. The van der Waals surface area contributed by atoms with Crippen molar-refractivity contribution in [1.29, 1.82) is 0 Å². The first-order valence-corrected chi connectivity index (χ1v) is 8.04. The summed E-state index contributed by atoms with van der Waals surface area (Å²) < 4.78 is 0. The average Bonchev–Trinajstić information content (AvgIpc) is 2.99. The fraction of sp³-hybridized carbons (Fsp3) is 0.136. The van der Waals surface area contributed by atoms with Crippen LogP contribution in [0.2, 0.25) is 0 Å². The van der Waals surface area contributed by atoms with Gasteiger partial charge >= 0.3 is 0 Å². The van der Waals surface area contributed by atoms with Gasteiger partial charge in [0.2, 0.25) is 0 Å². The van der Waals surface area contributed by atoms with Crippen molar-refractivity contribution in [3.05, 3.63) is 94.9 Å². The second-order valence-corrected chi connectivity index (χ2v) is 5.91. The van der Waals surface area contributed by atoms with Gasteiger partial charge in [0.15, 0.2) is 0 Å². The van der Waals surface area contributed by atoms with E-state index in [1.807, 2.05) is 0 Å². The zero-order valence-electron chi connectivity index (χ0n) is 12.8. The zero-order valence-corrected chi connectivity index (χ0v) is 12.8. The quantitative estimate of drug-likeness (QED) is 0.570. The summed E-state index contributed by atoms with van der Waals surface area (Å²) in [4.78, 5) is 0. The lowest BCUT2D eigenvalue weighted by Crippen LogP contribution is -2.03. The molecule has 0 spiro atoms. The number of aryl methyl sites for hydroxylation is 1. The SMILES string of the molecule is CCCc1ccc2ccccc2c1[C]1C=Cc2ccccc21. The molecular formula is C22H19. The molecule has 0 unspecified atom stereocenters. The van der Waals surface area contributed by atoms with E-state index in [2.05, 4.69) is 79.7 Å².